The third-order valence-corrected chi connectivity index (χ3v) is 1.63. The first-order chi connectivity index (χ1) is 6.39. The van der Waals surface area contributed by atoms with Crippen LogP contribution in [0.4, 0.5) is 0 Å². The van der Waals surface area contributed by atoms with Crippen LogP contribution in [0.25, 0.3) is 0 Å². The van der Waals surface area contributed by atoms with Crippen molar-refractivity contribution in [3.63, 3.8) is 0 Å². The smallest absolute Gasteiger partial charge is 0.400 e. The Balaban J connectivity index is 4.29. The second kappa shape index (κ2) is 5.74. The van der Waals surface area contributed by atoms with E-state index in [-0.39, 0.29) is 6.42 Å². The summed E-state index contributed by atoms with van der Waals surface area (Å²) in [5.74, 6) is -0.813. The fourth-order valence-electron chi connectivity index (χ4n) is 0.676. The van der Waals surface area contributed by atoms with Crippen LogP contribution in [0.15, 0.2) is 12.7 Å². The second-order valence-corrected chi connectivity index (χ2v) is 3.43. The maximum atomic E-state index is 10.7. The lowest BCUT2D eigenvalue weighted by Crippen LogP contribution is -2.23. The second-order valence-electron chi connectivity index (χ2n) is 2.38. The van der Waals surface area contributed by atoms with E-state index in [0.717, 1.165) is 6.08 Å². The molecule has 0 amide bonds. The monoisotopic (exact) mass is 224 g/mol. The van der Waals surface area contributed by atoms with Crippen molar-refractivity contribution in [1.82, 2.24) is 0 Å². The van der Waals surface area contributed by atoms with E-state index in [4.69, 9.17) is 4.55 Å². The normalized spacial score (nSPS) is 13.3. The van der Waals surface area contributed by atoms with Crippen LogP contribution >= 0.6 is 0 Å². The average Bonchev–Trinajstić information content (AvgIpc) is 2.01. The minimum Gasteiger partial charge on any atom is -0.431 e. The zero-order valence-electron chi connectivity index (χ0n) is 7.67. The number of esters is 1. The quantitative estimate of drug-likeness (QED) is 0.308. The summed E-state index contributed by atoms with van der Waals surface area (Å²) in [6.07, 6.45) is 0.264. The van der Waals surface area contributed by atoms with Gasteiger partial charge in [-0.25, -0.2) is 8.98 Å². The van der Waals surface area contributed by atoms with E-state index in [9.17, 15) is 13.2 Å². The van der Waals surface area contributed by atoms with Gasteiger partial charge in [-0.15, -0.1) is 0 Å². The first kappa shape index (κ1) is 13.1. The Morgan fingerprint density at radius 2 is 2.21 bits per heavy atom. The standard InChI is InChI=1S/C7H12O6S/c1-3-5-7(12-6(8)4-2)13-14(9,10)11/h4,7H,2-3,5H2,1H3,(H,9,10,11). The van der Waals surface area contributed by atoms with E-state index in [1.165, 1.54) is 0 Å². The number of carbonyl (C=O) groups is 1. The number of hydrogen-bond donors (Lipinski definition) is 1. The largest absolute Gasteiger partial charge is 0.431 e. The van der Waals surface area contributed by atoms with Crippen molar-refractivity contribution in [3.05, 3.63) is 12.7 Å². The van der Waals surface area contributed by atoms with E-state index < -0.39 is 22.7 Å². The topological polar surface area (TPSA) is 89.9 Å². The number of ether oxygens (including phenoxy) is 1. The van der Waals surface area contributed by atoms with Gasteiger partial charge in [-0.3, -0.25) is 4.55 Å². The molecule has 6 nitrogen and oxygen atoms in total. The van der Waals surface area contributed by atoms with Gasteiger partial charge in [0, 0.05) is 12.5 Å². The molecule has 0 saturated carbocycles. The molecule has 0 fully saturated rings. The molecular weight excluding hydrogens is 212 g/mol. The average molecular weight is 224 g/mol. The van der Waals surface area contributed by atoms with Gasteiger partial charge >= 0.3 is 16.4 Å². The SMILES string of the molecule is C=CC(=O)OC(CCC)OS(=O)(=O)O. The molecule has 0 aromatic heterocycles. The molecule has 0 saturated heterocycles. The highest BCUT2D eigenvalue weighted by atomic mass is 32.3. The van der Waals surface area contributed by atoms with Crippen molar-refractivity contribution in [1.29, 1.82) is 0 Å². The van der Waals surface area contributed by atoms with E-state index in [1.807, 2.05) is 0 Å². The first-order valence-corrected chi connectivity index (χ1v) is 5.24. The molecule has 0 bridgehead atoms. The van der Waals surface area contributed by atoms with Crippen molar-refractivity contribution in [3.8, 4) is 0 Å². The van der Waals surface area contributed by atoms with Gasteiger partial charge in [0.05, 0.1) is 0 Å². The molecule has 0 aromatic rings. The van der Waals surface area contributed by atoms with Gasteiger partial charge in [0.15, 0.2) is 0 Å². The molecule has 0 rings (SSSR count). The van der Waals surface area contributed by atoms with Crippen LogP contribution in [0, 0.1) is 0 Å². The minimum absolute atomic E-state index is 0.166. The molecule has 7 heteroatoms. The first-order valence-electron chi connectivity index (χ1n) is 3.87. The highest BCUT2D eigenvalue weighted by Crippen LogP contribution is 2.07. The minimum atomic E-state index is -4.61. The van der Waals surface area contributed by atoms with Gasteiger partial charge in [-0.05, 0) is 0 Å². The van der Waals surface area contributed by atoms with Gasteiger partial charge in [0.1, 0.15) is 0 Å². The van der Waals surface area contributed by atoms with E-state index in [1.54, 1.807) is 6.92 Å². The summed E-state index contributed by atoms with van der Waals surface area (Å²) in [6, 6.07) is 0. The third kappa shape index (κ3) is 6.58. The van der Waals surface area contributed by atoms with Gasteiger partial charge in [-0.2, -0.15) is 8.42 Å². The molecule has 0 aliphatic heterocycles. The predicted molar refractivity (Wildman–Crippen MR) is 47.6 cm³/mol. The molecule has 0 heterocycles. The maximum Gasteiger partial charge on any atom is 0.400 e. The van der Waals surface area contributed by atoms with Gasteiger partial charge in [-0.1, -0.05) is 19.9 Å². The van der Waals surface area contributed by atoms with Crippen LogP contribution in [0.5, 0.6) is 0 Å². The Labute approximate surface area is 82.5 Å². The summed E-state index contributed by atoms with van der Waals surface area (Å²) in [5, 5.41) is 0. The van der Waals surface area contributed by atoms with Crippen LogP contribution in [0.3, 0.4) is 0 Å². The summed E-state index contributed by atoms with van der Waals surface area (Å²) in [5.41, 5.74) is 0. The molecule has 0 spiro atoms. The highest BCUT2D eigenvalue weighted by molar-refractivity contribution is 7.80. The zero-order chi connectivity index (χ0) is 11.2. The molecule has 1 N–H and O–H groups in total. The molecular formula is C7H12O6S. The highest BCUT2D eigenvalue weighted by Gasteiger charge is 2.19. The Morgan fingerprint density at radius 3 is 2.57 bits per heavy atom. The third-order valence-electron chi connectivity index (χ3n) is 1.17. The number of hydrogen-bond acceptors (Lipinski definition) is 5. The van der Waals surface area contributed by atoms with Gasteiger partial charge < -0.3 is 4.74 Å². The Morgan fingerprint density at radius 1 is 1.64 bits per heavy atom. The maximum absolute atomic E-state index is 10.7. The Bertz CT molecular complexity index is 293. The molecule has 0 aliphatic carbocycles. The molecule has 82 valence electrons. The van der Waals surface area contributed by atoms with Crippen molar-refractivity contribution in [2.24, 2.45) is 0 Å². The molecule has 0 radical (unpaired) electrons. The number of rotatable bonds is 6. The number of carbonyl (C=O) groups excluding carboxylic acids is 1. The van der Waals surface area contributed by atoms with Crippen molar-refractivity contribution in [2.45, 2.75) is 26.1 Å². The summed E-state index contributed by atoms with van der Waals surface area (Å²) in [7, 11) is -4.61. The van der Waals surface area contributed by atoms with Crippen LogP contribution in [0.2, 0.25) is 0 Å². The van der Waals surface area contributed by atoms with Crippen LogP contribution in [0.1, 0.15) is 19.8 Å². The summed E-state index contributed by atoms with van der Waals surface area (Å²) in [4.78, 5) is 10.7. The van der Waals surface area contributed by atoms with Crippen LogP contribution in [-0.2, 0) is 24.1 Å². The fraction of sp³-hybridized carbons (Fsp3) is 0.571. The molecule has 1 unspecified atom stereocenters. The lowest BCUT2D eigenvalue weighted by molar-refractivity contribution is -0.158. The predicted octanol–water partition coefficient (Wildman–Crippen LogP) is 0.661. The van der Waals surface area contributed by atoms with Gasteiger partial charge in [0.25, 0.3) is 0 Å². The van der Waals surface area contributed by atoms with Crippen LogP contribution < -0.4 is 0 Å². The lowest BCUT2D eigenvalue weighted by atomic mass is 10.3. The zero-order valence-corrected chi connectivity index (χ0v) is 8.49. The fourth-order valence-corrected chi connectivity index (χ4v) is 1.08. The molecule has 0 aliphatic rings. The Hall–Kier alpha value is -0.920. The molecule has 0 aromatic carbocycles. The summed E-state index contributed by atoms with van der Waals surface area (Å²) in [6.45, 7) is 4.87. The molecule has 1 atom stereocenters. The van der Waals surface area contributed by atoms with E-state index in [2.05, 4.69) is 15.5 Å². The molecule has 14 heavy (non-hydrogen) atoms. The lowest BCUT2D eigenvalue weighted by Gasteiger charge is -2.13. The van der Waals surface area contributed by atoms with Crippen molar-refractivity contribution >= 4 is 16.4 Å². The van der Waals surface area contributed by atoms with Gasteiger partial charge in [0.2, 0.25) is 6.29 Å². The summed E-state index contributed by atoms with van der Waals surface area (Å²) >= 11 is 0. The van der Waals surface area contributed by atoms with Crippen molar-refractivity contribution in [2.75, 3.05) is 0 Å². The summed E-state index contributed by atoms with van der Waals surface area (Å²) < 4.78 is 37.5. The van der Waals surface area contributed by atoms with E-state index in [0.29, 0.717) is 6.42 Å². The van der Waals surface area contributed by atoms with E-state index >= 15 is 0 Å². The van der Waals surface area contributed by atoms with Crippen molar-refractivity contribution < 1.29 is 26.7 Å². The Kier molecular flexibility index (Phi) is 5.36. The van der Waals surface area contributed by atoms with Crippen LogP contribution in [-0.4, -0.2) is 25.2 Å².